The second-order valence-corrected chi connectivity index (χ2v) is 7.83. The number of methoxy groups -OCH3 is 1. The molecule has 0 saturated carbocycles. The first kappa shape index (κ1) is 22.3. The van der Waals surface area contributed by atoms with Crippen molar-refractivity contribution in [3.63, 3.8) is 0 Å². The highest BCUT2D eigenvalue weighted by molar-refractivity contribution is 6.31. The molecular formula is C26H23ClN4O2. The summed E-state index contributed by atoms with van der Waals surface area (Å²) in [6.45, 7) is 1.98. The Kier molecular flexibility index (Phi) is 6.86. The molecule has 7 heteroatoms. The zero-order valence-electron chi connectivity index (χ0n) is 18.3. The Morgan fingerprint density at radius 3 is 2.21 bits per heavy atom. The molecule has 33 heavy (non-hydrogen) atoms. The zero-order valence-corrected chi connectivity index (χ0v) is 19.1. The molecule has 1 heterocycles. The van der Waals surface area contributed by atoms with E-state index in [1.54, 1.807) is 13.2 Å². The Labute approximate surface area is 197 Å². The van der Waals surface area contributed by atoms with E-state index in [2.05, 4.69) is 20.6 Å². The quantitative estimate of drug-likeness (QED) is 0.364. The van der Waals surface area contributed by atoms with Crippen molar-refractivity contribution in [3.8, 4) is 28.3 Å². The van der Waals surface area contributed by atoms with E-state index < -0.39 is 0 Å². The van der Waals surface area contributed by atoms with Crippen LogP contribution in [0.15, 0.2) is 78.9 Å². The number of halogens is 1. The number of carbonyl (C=O) groups excluding carboxylic acids is 1. The second-order valence-electron chi connectivity index (χ2n) is 7.42. The third-order valence-electron chi connectivity index (χ3n) is 5.06. The van der Waals surface area contributed by atoms with Gasteiger partial charge in [-0.15, -0.1) is 0 Å². The Hall–Kier alpha value is -3.90. The Morgan fingerprint density at radius 2 is 1.58 bits per heavy atom. The van der Waals surface area contributed by atoms with Gasteiger partial charge in [-0.3, -0.25) is 10.1 Å². The van der Waals surface area contributed by atoms with Crippen LogP contribution in [0.4, 0.5) is 11.6 Å². The molecule has 1 amide bonds. The molecule has 166 valence electrons. The number of aromatic nitrogens is 2. The van der Waals surface area contributed by atoms with Crippen LogP contribution in [0.3, 0.4) is 0 Å². The van der Waals surface area contributed by atoms with Gasteiger partial charge in [-0.2, -0.15) is 0 Å². The predicted molar refractivity (Wildman–Crippen MR) is 133 cm³/mol. The Morgan fingerprint density at radius 1 is 0.909 bits per heavy atom. The average molecular weight is 459 g/mol. The molecule has 0 atom stereocenters. The number of aryl methyl sites for hydroxylation is 1. The maximum atomic E-state index is 12.6. The number of rotatable bonds is 7. The van der Waals surface area contributed by atoms with E-state index in [1.165, 1.54) is 0 Å². The van der Waals surface area contributed by atoms with Crippen LogP contribution in [0.1, 0.15) is 5.56 Å². The molecule has 0 bridgehead atoms. The second kappa shape index (κ2) is 10.1. The van der Waals surface area contributed by atoms with Crippen molar-refractivity contribution in [2.24, 2.45) is 0 Å². The maximum Gasteiger partial charge on any atom is 0.246 e. The van der Waals surface area contributed by atoms with E-state index in [0.717, 1.165) is 28.1 Å². The summed E-state index contributed by atoms with van der Waals surface area (Å²) in [5.74, 6) is 0.723. The lowest BCUT2D eigenvalue weighted by Crippen LogP contribution is -2.23. The molecule has 4 aromatic rings. The van der Waals surface area contributed by atoms with Crippen LogP contribution < -0.4 is 15.4 Å². The molecular weight excluding hydrogens is 436 g/mol. The maximum absolute atomic E-state index is 12.6. The van der Waals surface area contributed by atoms with Gasteiger partial charge < -0.3 is 10.1 Å². The molecule has 4 rings (SSSR count). The molecule has 0 saturated heterocycles. The minimum absolute atomic E-state index is 0.0518. The summed E-state index contributed by atoms with van der Waals surface area (Å²) in [6, 6.07) is 24.8. The lowest BCUT2D eigenvalue weighted by molar-refractivity contribution is -0.114. The van der Waals surface area contributed by atoms with Gasteiger partial charge in [-0.05, 0) is 55.0 Å². The Bertz CT molecular complexity index is 1260. The van der Waals surface area contributed by atoms with E-state index in [0.29, 0.717) is 16.4 Å². The summed E-state index contributed by atoms with van der Waals surface area (Å²) < 4.78 is 5.25. The number of amides is 1. The molecule has 0 spiro atoms. The minimum Gasteiger partial charge on any atom is -0.497 e. The summed E-state index contributed by atoms with van der Waals surface area (Å²) in [4.78, 5) is 21.8. The highest BCUT2D eigenvalue weighted by Gasteiger charge is 2.12. The van der Waals surface area contributed by atoms with Gasteiger partial charge in [0.1, 0.15) is 5.75 Å². The van der Waals surface area contributed by atoms with Crippen molar-refractivity contribution < 1.29 is 9.53 Å². The molecule has 0 aliphatic rings. The number of hydrogen-bond acceptors (Lipinski definition) is 5. The monoisotopic (exact) mass is 458 g/mol. The number of benzene rings is 3. The summed E-state index contributed by atoms with van der Waals surface area (Å²) in [5.41, 5.74) is 4.96. The SMILES string of the molecule is COc1ccc(-c2cc(-c3ccccc3)nc(NC(=O)CNc3ccc(C)c(Cl)c3)n2)cc1. The first-order valence-corrected chi connectivity index (χ1v) is 10.8. The number of anilines is 2. The van der Waals surface area contributed by atoms with Crippen molar-refractivity contribution in [2.45, 2.75) is 6.92 Å². The Balaban J connectivity index is 1.57. The summed E-state index contributed by atoms with van der Waals surface area (Å²) in [7, 11) is 1.62. The van der Waals surface area contributed by atoms with Crippen molar-refractivity contribution in [1.82, 2.24) is 9.97 Å². The topological polar surface area (TPSA) is 76.1 Å². The van der Waals surface area contributed by atoms with E-state index in [-0.39, 0.29) is 18.4 Å². The summed E-state index contributed by atoms with van der Waals surface area (Å²) in [6.07, 6.45) is 0. The number of hydrogen-bond donors (Lipinski definition) is 2. The van der Waals surface area contributed by atoms with Crippen LogP contribution in [0, 0.1) is 6.92 Å². The molecule has 6 nitrogen and oxygen atoms in total. The molecule has 3 aromatic carbocycles. The first-order valence-electron chi connectivity index (χ1n) is 10.4. The number of nitrogens with zero attached hydrogens (tertiary/aromatic N) is 2. The average Bonchev–Trinajstić information content (AvgIpc) is 2.85. The van der Waals surface area contributed by atoms with Crippen molar-refractivity contribution in [1.29, 1.82) is 0 Å². The normalized spacial score (nSPS) is 10.5. The third-order valence-corrected chi connectivity index (χ3v) is 5.46. The third kappa shape index (κ3) is 5.67. The zero-order chi connectivity index (χ0) is 23.2. The smallest absolute Gasteiger partial charge is 0.246 e. The van der Waals surface area contributed by atoms with Crippen molar-refractivity contribution in [3.05, 3.63) is 89.4 Å². The fourth-order valence-corrected chi connectivity index (χ4v) is 3.40. The fraction of sp³-hybridized carbons (Fsp3) is 0.115. The summed E-state index contributed by atoms with van der Waals surface area (Å²) in [5, 5.41) is 6.51. The lowest BCUT2D eigenvalue weighted by atomic mass is 10.1. The van der Waals surface area contributed by atoms with Crippen LogP contribution in [-0.2, 0) is 4.79 Å². The highest BCUT2D eigenvalue weighted by atomic mass is 35.5. The number of nitrogens with one attached hydrogen (secondary N) is 2. The number of carbonyl (C=O) groups is 1. The standard InChI is InChI=1S/C26H23ClN4O2/c1-17-8-11-20(14-22(17)27)28-16-25(32)31-26-29-23(18-6-4-3-5-7-18)15-24(30-26)19-9-12-21(33-2)13-10-19/h3-15,28H,16H2,1-2H3,(H,29,30,31,32). The minimum atomic E-state index is -0.266. The molecule has 0 radical (unpaired) electrons. The van der Waals surface area contributed by atoms with Crippen molar-refractivity contribution >= 4 is 29.1 Å². The van der Waals surface area contributed by atoms with Crippen LogP contribution in [-0.4, -0.2) is 29.5 Å². The summed E-state index contributed by atoms with van der Waals surface area (Å²) >= 11 is 6.16. The van der Waals surface area contributed by atoms with Gasteiger partial charge in [0, 0.05) is 21.8 Å². The van der Waals surface area contributed by atoms with E-state index in [1.807, 2.05) is 79.7 Å². The molecule has 1 aromatic heterocycles. The van der Waals surface area contributed by atoms with Crippen LogP contribution in [0.2, 0.25) is 5.02 Å². The predicted octanol–water partition coefficient (Wildman–Crippen LogP) is 5.83. The molecule has 0 aliphatic carbocycles. The van der Waals surface area contributed by atoms with Crippen LogP contribution >= 0.6 is 11.6 Å². The van der Waals surface area contributed by atoms with Gasteiger partial charge >= 0.3 is 0 Å². The highest BCUT2D eigenvalue weighted by Crippen LogP contribution is 2.26. The lowest BCUT2D eigenvalue weighted by Gasteiger charge is -2.11. The van der Waals surface area contributed by atoms with Gasteiger partial charge in [0.15, 0.2) is 0 Å². The largest absolute Gasteiger partial charge is 0.497 e. The van der Waals surface area contributed by atoms with E-state index in [9.17, 15) is 4.79 Å². The van der Waals surface area contributed by atoms with Gasteiger partial charge in [0.25, 0.3) is 0 Å². The number of ether oxygens (including phenoxy) is 1. The van der Waals surface area contributed by atoms with E-state index >= 15 is 0 Å². The van der Waals surface area contributed by atoms with Gasteiger partial charge in [0.05, 0.1) is 25.0 Å². The van der Waals surface area contributed by atoms with Gasteiger partial charge in [-0.1, -0.05) is 48.0 Å². The van der Waals surface area contributed by atoms with Gasteiger partial charge in [0.2, 0.25) is 11.9 Å². The molecule has 0 aliphatic heterocycles. The van der Waals surface area contributed by atoms with E-state index in [4.69, 9.17) is 16.3 Å². The van der Waals surface area contributed by atoms with Crippen LogP contribution in [0.5, 0.6) is 5.75 Å². The van der Waals surface area contributed by atoms with Gasteiger partial charge in [-0.25, -0.2) is 9.97 Å². The van der Waals surface area contributed by atoms with Crippen molar-refractivity contribution in [2.75, 3.05) is 24.3 Å². The molecule has 2 N–H and O–H groups in total. The fourth-order valence-electron chi connectivity index (χ4n) is 3.22. The molecule has 0 fully saturated rings. The van der Waals surface area contributed by atoms with Crippen LogP contribution in [0.25, 0.3) is 22.5 Å². The first-order chi connectivity index (χ1) is 16.0. The molecule has 0 unspecified atom stereocenters.